The van der Waals surface area contributed by atoms with E-state index in [1.807, 2.05) is 0 Å². The molecule has 1 aromatic rings. The summed E-state index contributed by atoms with van der Waals surface area (Å²) in [4.78, 5) is 34.9. The highest BCUT2D eigenvalue weighted by molar-refractivity contribution is 5.91. The monoisotopic (exact) mass is 334 g/mol. The van der Waals surface area contributed by atoms with E-state index < -0.39 is 0 Å². The molecule has 24 heavy (non-hydrogen) atoms. The zero-order chi connectivity index (χ0) is 17.6. The second-order valence-electron chi connectivity index (χ2n) is 7.34. The van der Waals surface area contributed by atoms with Gasteiger partial charge in [0.2, 0.25) is 11.9 Å². The third-order valence-electron chi connectivity index (χ3n) is 4.50. The van der Waals surface area contributed by atoms with Gasteiger partial charge in [-0.3, -0.25) is 14.9 Å². The van der Waals surface area contributed by atoms with Crippen molar-refractivity contribution < 1.29 is 14.3 Å². The minimum Gasteiger partial charge on any atom is -0.462 e. The Balaban J connectivity index is 1.66. The highest BCUT2D eigenvalue weighted by atomic mass is 16.5. The molecule has 0 aromatic carbocycles. The number of hydrogen-bond acceptors (Lipinski definition) is 6. The molecule has 0 bridgehead atoms. The Morgan fingerprint density at radius 1 is 1.12 bits per heavy atom. The highest BCUT2D eigenvalue weighted by Crippen LogP contribution is 2.38. The van der Waals surface area contributed by atoms with Crippen LogP contribution in [0, 0.1) is 11.3 Å². The summed E-state index contributed by atoms with van der Waals surface area (Å²) in [5.74, 6) is 0.233. The Morgan fingerprint density at radius 3 is 2.33 bits per heavy atom. The summed E-state index contributed by atoms with van der Waals surface area (Å²) < 4.78 is 5.49. The molecule has 2 rings (SSSR count). The second kappa shape index (κ2) is 8.17. The molecule has 7 heteroatoms. The standard InChI is InChI=1S/C17H26N4O3/c1-17(2,3)12-4-6-13(7-5-12)24-15(23)9-8-14(22)21-16-19-10-18-11-20-16/h10-13H,4-9H2,1-3H3,(H,18,19,20,21,22). The Hall–Kier alpha value is -2.05. The van der Waals surface area contributed by atoms with Gasteiger partial charge in [-0.1, -0.05) is 20.8 Å². The number of hydrogen-bond donors (Lipinski definition) is 1. The van der Waals surface area contributed by atoms with Gasteiger partial charge in [-0.15, -0.1) is 0 Å². The van der Waals surface area contributed by atoms with Gasteiger partial charge in [-0.25, -0.2) is 15.0 Å². The van der Waals surface area contributed by atoms with Gasteiger partial charge in [-0.05, 0) is 37.0 Å². The summed E-state index contributed by atoms with van der Waals surface area (Å²) in [5.41, 5.74) is 0.308. The summed E-state index contributed by atoms with van der Waals surface area (Å²) in [6.45, 7) is 6.78. The molecule has 1 aliphatic carbocycles. The average molecular weight is 334 g/mol. The van der Waals surface area contributed by atoms with Crippen molar-refractivity contribution in [2.45, 2.75) is 65.4 Å². The van der Waals surface area contributed by atoms with Gasteiger partial charge < -0.3 is 4.74 Å². The van der Waals surface area contributed by atoms with E-state index in [2.05, 4.69) is 41.0 Å². The lowest BCUT2D eigenvalue weighted by molar-refractivity contribution is -0.152. The van der Waals surface area contributed by atoms with E-state index in [1.165, 1.54) is 12.7 Å². The molecule has 0 atom stereocenters. The number of nitrogens with zero attached hydrogens (tertiary/aromatic N) is 3. The third-order valence-corrected chi connectivity index (χ3v) is 4.50. The fourth-order valence-corrected chi connectivity index (χ4v) is 3.00. The number of nitrogens with one attached hydrogen (secondary N) is 1. The van der Waals surface area contributed by atoms with Crippen LogP contribution >= 0.6 is 0 Å². The van der Waals surface area contributed by atoms with Gasteiger partial charge in [0, 0.05) is 6.42 Å². The van der Waals surface area contributed by atoms with Gasteiger partial charge >= 0.3 is 5.97 Å². The van der Waals surface area contributed by atoms with Gasteiger partial charge in [0.25, 0.3) is 0 Å². The molecule has 1 fully saturated rings. The fourth-order valence-electron chi connectivity index (χ4n) is 3.00. The Kier molecular flexibility index (Phi) is 6.23. The maximum Gasteiger partial charge on any atom is 0.306 e. The van der Waals surface area contributed by atoms with Gasteiger partial charge in [-0.2, -0.15) is 0 Å². The number of carbonyl (C=O) groups excluding carboxylic acids is 2. The van der Waals surface area contributed by atoms with Crippen molar-refractivity contribution in [1.82, 2.24) is 15.0 Å². The first-order valence-electron chi connectivity index (χ1n) is 8.46. The predicted octanol–water partition coefficient (Wildman–Crippen LogP) is 2.74. The molecule has 1 amide bonds. The van der Waals surface area contributed by atoms with Crippen LogP contribution in [0.3, 0.4) is 0 Å². The normalized spacial score (nSPS) is 21.1. The maximum absolute atomic E-state index is 11.9. The minimum atomic E-state index is -0.319. The summed E-state index contributed by atoms with van der Waals surface area (Å²) in [6.07, 6.45) is 6.69. The van der Waals surface area contributed by atoms with Crippen LogP contribution in [0.1, 0.15) is 59.3 Å². The number of ether oxygens (including phenoxy) is 1. The minimum absolute atomic E-state index is 0.0114. The summed E-state index contributed by atoms with van der Waals surface area (Å²) in [6, 6.07) is 0. The molecule has 1 aliphatic rings. The van der Waals surface area contributed by atoms with Crippen molar-refractivity contribution >= 4 is 17.8 Å². The molecule has 7 nitrogen and oxygen atoms in total. The van der Waals surface area contributed by atoms with Crippen molar-refractivity contribution in [3.63, 3.8) is 0 Å². The first kappa shape index (κ1) is 18.3. The summed E-state index contributed by atoms with van der Waals surface area (Å²) in [5, 5.41) is 2.51. The van der Waals surface area contributed by atoms with Crippen LogP contribution in [0.5, 0.6) is 0 Å². The fraction of sp³-hybridized carbons (Fsp3) is 0.706. The number of amides is 1. The molecule has 0 saturated heterocycles. The van der Waals surface area contributed by atoms with Gasteiger partial charge in [0.05, 0.1) is 6.42 Å². The Labute approximate surface area is 142 Å². The molecule has 0 spiro atoms. The van der Waals surface area contributed by atoms with E-state index >= 15 is 0 Å². The highest BCUT2D eigenvalue weighted by Gasteiger charge is 2.31. The predicted molar refractivity (Wildman–Crippen MR) is 89.0 cm³/mol. The van der Waals surface area contributed by atoms with E-state index in [0.29, 0.717) is 11.3 Å². The SMILES string of the molecule is CC(C)(C)C1CCC(OC(=O)CCC(=O)Nc2ncncn2)CC1. The molecule has 1 N–H and O–H groups in total. The van der Waals surface area contributed by atoms with E-state index in [-0.39, 0.29) is 36.8 Å². The second-order valence-corrected chi connectivity index (χ2v) is 7.34. The van der Waals surface area contributed by atoms with Gasteiger partial charge in [0.15, 0.2) is 0 Å². The number of rotatable bonds is 5. The maximum atomic E-state index is 11.9. The number of carbonyl (C=O) groups is 2. The zero-order valence-corrected chi connectivity index (χ0v) is 14.6. The largest absolute Gasteiger partial charge is 0.462 e. The first-order chi connectivity index (χ1) is 11.3. The molecular weight excluding hydrogens is 308 g/mol. The number of aromatic nitrogens is 3. The van der Waals surface area contributed by atoms with E-state index in [4.69, 9.17) is 4.74 Å². The molecule has 132 valence electrons. The van der Waals surface area contributed by atoms with Crippen LogP contribution in [0.2, 0.25) is 0 Å². The molecule has 1 heterocycles. The van der Waals surface area contributed by atoms with E-state index in [1.54, 1.807) is 0 Å². The number of esters is 1. The number of anilines is 1. The van der Waals surface area contributed by atoms with Crippen LogP contribution in [0.15, 0.2) is 12.7 Å². The molecular formula is C17H26N4O3. The van der Waals surface area contributed by atoms with Crippen molar-refractivity contribution in [2.75, 3.05) is 5.32 Å². The molecule has 0 aliphatic heterocycles. The van der Waals surface area contributed by atoms with Crippen LogP contribution < -0.4 is 5.32 Å². The van der Waals surface area contributed by atoms with Crippen molar-refractivity contribution in [3.8, 4) is 0 Å². The lowest BCUT2D eigenvalue weighted by Gasteiger charge is -2.36. The van der Waals surface area contributed by atoms with Crippen LogP contribution in [0.4, 0.5) is 5.95 Å². The van der Waals surface area contributed by atoms with Crippen LogP contribution in [-0.4, -0.2) is 32.9 Å². The lowest BCUT2D eigenvalue weighted by Crippen LogP contribution is -2.30. The third kappa shape index (κ3) is 5.86. The summed E-state index contributed by atoms with van der Waals surface area (Å²) in [7, 11) is 0. The quantitative estimate of drug-likeness (QED) is 0.832. The molecule has 1 aromatic heterocycles. The smallest absolute Gasteiger partial charge is 0.306 e. The van der Waals surface area contributed by atoms with Crippen molar-refractivity contribution in [3.05, 3.63) is 12.7 Å². The molecule has 0 radical (unpaired) electrons. The molecule has 1 saturated carbocycles. The van der Waals surface area contributed by atoms with Crippen molar-refractivity contribution in [2.24, 2.45) is 11.3 Å². The van der Waals surface area contributed by atoms with E-state index in [9.17, 15) is 9.59 Å². The first-order valence-corrected chi connectivity index (χ1v) is 8.46. The average Bonchev–Trinajstić information content (AvgIpc) is 2.53. The van der Waals surface area contributed by atoms with E-state index in [0.717, 1.165) is 25.7 Å². The molecule has 0 unspecified atom stereocenters. The lowest BCUT2D eigenvalue weighted by atomic mass is 9.72. The zero-order valence-electron chi connectivity index (χ0n) is 14.6. The van der Waals surface area contributed by atoms with Crippen LogP contribution in [-0.2, 0) is 14.3 Å². The van der Waals surface area contributed by atoms with Gasteiger partial charge in [0.1, 0.15) is 18.8 Å². The topological polar surface area (TPSA) is 94.1 Å². The van der Waals surface area contributed by atoms with Crippen molar-refractivity contribution in [1.29, 1.82) is 0 Å². The Bertz CT molecular complexity index is 549. The Morgan fingerprint density at radius 2 is 1.75 bits per heavy atom. The summed E-state index contributed by atoms with van der Waals surface area (Å²) >= 11 is 0. The van der Waals surface area contributed by atoms with Crippen LogP contribution in [0.25, 0.3) is 0 Å².